The Hall–Kier alpha value is -0.770. The van der Waals surface area contributed by atoms with E-state index in [0.717, 1.165) is 19.5 Å². The van der Waals surface area contributed by atoms with Gasteiger partial charge in [0.1, 0.15) is 0 Å². The van der Waals surface area contributed by atoms with Crippen LogP contribution in [0.3, 0.4) is 0 Å². The molecule has 4 nitrogen and oxygen atoms in total. The molecule has 2 N–H and O–H groups in total. The summed E-state index contributed by atoms with van der Waals surface area (Å²) in [6, 6.07) is 0.108. The maximum Gasteiger partial charge on any atom is 0.404 e. The number of carboxylic acid groups (broad SMARTS) is 1. The van der Waals surface area contributed by atoms with Crippen molar-refractivity contribution >= 4 is 6.09 Å². The van der Waals surface area contributed by atoms with Gasteiger partial charge >= 0.3 is 6.09 Å². The standard InChI is InChI=1S/C9H18N2O2/c1-9(2,3)11-5-4-7(6-11)10-8(12)13/h7,10H,4-6H2,1-3H3,(H,12,13). The molecular weight excluding hydrogens is 168 g/mol. The lowest BCUT2D eigenvalue weighted by Crippen LogP contribution is -2.42. The summed E-state index contributed by atoms with van der Waals surface area (Å²) in [5.74, 6) is 0. The third-order valence-corrected chi connectivity index (χ3v) is 2.46. The Morgan fingerprint density at radius 3 is 2.54 bits per heavy atom. The molecule has 0 aromatic rings. The van der Waals surface area contributed by atoms with Crippen molar-refractivity contribution in [3.05, 3.63) is 0 Å². The van der Waals surface area contributed by atoms with Gasteiger partial charge in [0.15, 0.2) is 0 Å². The van der Waals surface area contributed by atoms with E-state index in [-0.39, 0.29) is 11.6 Å². The van der Waals surface area contributed by atoms with E-state index in [2.05, 4.69) is 31.0 Å². The number of carbonyl (C=O) groups is 1. The number of rotatable bonds is 1. The van der Waals surface area contributed by atoms with Gasteiger partial charge in [-0.2, -0.15) is 0 Å². The molecule has 1 aliphatic rings. The monoisotopic (exact) mass is 186 g/mol. The summed E-state index contributed by atoms with van der Waals surface area (Å²) in [5.41, 5.74) is 0.148. The average molecular weight is 186 g/mol. The van der Waals surface area contributed by atoms with Gasteiger partial charge in [0.2, 0.25) is 0 Å². The number of amides is 1. The SMILES string of the molecule is CC(C)(C)N1CCC(NC(=O)O)C1. The molecule has 0 aromatic heterocycles. The van der Waals surface area contributed by atoms with Crippen molar-refractivity contribution in [1.82, 2.24) is 10.2 Å². The van der Waals surface area contributed by atoms with E-state index in [0.29, 0.717) is 0 Å². The highest BCUT2D eigenvalue weighted by Crippen LogP contribution is 2.20. The number of nitrogens with one attached hydrogen (secondary N) is 1. The van der Waals surface area contributed by atoms with Crippen molar-refractivity contribution in [2.75, 3.05) is 13.1 Å². The Bertz CT molecular complexity index is 198. The van der Waals surface area contributed by atoms with Crippen LogP contribution in [0.5, 0.6) is 0 Å². The number of hydrogen-bond acceptors (Lipinski definition) is 2. The zero-order valence-corrected chi connectivity index (χ0v) is 8.50. The molecule has 0 bridgehead atoms. The van der Waals surface area contributed by atoms with Crippen LogP contribution in [0.15, 0.2) is 0 Å². The molecule has 1 saturated heterocycles. The molecule has 1 fully saturated rings. The maximum atomic E-state index is 10.4. The van der Waals surface area contributed by atoms with Gasteiger partial charge < -0.3 is 10.4 Å². The molecule has 1 unspecified atom stereocenters. The lowest BCUT2D eigenvalue weighted by atomic mass is 10.1. The minimum atomic E-state index is -0.916. The third-order valence-electron chi connectivity index (χ3n) is 2.46. The number of nitrogens with zero attached hydrogens (tertiary/aromatic N) is 1. The predicted molar refractivity (Wildman–Crippen MR) is 50.9 cm³/mol. The molecular formula is C9H18N2O2. The van der Waals surface area contributed by atoms with Crippen molar-refractivity contribution in [3.8, 4) is 0 Å². The van der Waals surface area contributed by atoms with E-state index in [1.54, 1.807) is 0 Å². The molecule has 4 heteroatoms. The van der Waals surface area contributed by atoms with E-state index < -0.39 is 6.09 Å². The molecule has 0 saturated carbocycles. The lowest BCUT2D eigenvalue weighted by Gasteiger charge is -2.31. The second-order valence-electron chi connectivity index (χ2n) is 4.55. The van der Waals surface area contributed by atoms with Crippen LogP contribution in [0.1, 0.15) is 27.2 Å². The second kappa shape index (κ2) is 3.54. The van der Waals surface area contributed by atoms with Crippen molar-refractivity contribution in [2.45, 2.75) is 38.8 Å². The van der Waals surface area contributed by atoms with E-state index in [1.165, 1.54) is 0 Å². The second-order valence-corrected chi connectivity index (χ2v) is 4.55. The summed E-state index contributed by atoms with van der Waals surface area (Å²) in [6.07, 6.45) is 0.00424. The summed E-state index contributed by atoms with van der Waals surface area (Å²) < 4.78 is 0. The zero-order chi connectivity index (χ0) is 10.1. The molecule has 0 aromatic carbocycles. The van der Waals surface area contributed by atoms with Crippen LogP contribution in [-0.4, -0.2) is 40.8 Å². The van der Waals surface area contributed by atoms with Crippen LogP contribution in [-0.2, 0) is 0 Å². The van der Waals surface area contributed by atoms with Gasteiger partial charge in [0.05, 0.1) is 0 Å². The first-order valence-corrected chi connectivity index (χ1v) is 4.64. The van der Waals surface area contributed by atoms with Crippen LogP contribution < -0.4 is 5.32 Å². The van der Waals surface area contributed by atoms with Crippen molar-refractivity contribution in [3.63, 3.8) is 0 Å². The Kier molecular flexibility index (Phi) is 2.81. The molecule has 1 amide bonds. The Morgan fingerprint density at radius 2 is 2.15 bits per heavy atom. The molecule has 1 rings (SSSR count). The first-order chi connectivity index (χ1) is 5.89. The molecule has 0 spiro atoms. The number of hydrogen-bond donors (Lipinski definition) is 2. The molecule has 13 heavy (non-hydrogen) atoms. The van der Waals surface area contributed by atoms with Gasteiger partial charge in [-0.15, -0.1) is 0 Å². The highest BCUT2D eigenvalue weighted by Gasteiger charge is 2.30. The minimum Gasteiger partial charge on any atom is -0.465 e. The fraction of sp³-hybridized carbons (Fsp3) is 0.889. The van der Waals surface area contributed by atoms with Crippen LogP contribution >= 0.6 is 0 Å². The van der Waals surface area contributed by atoms with E-state index in [1.807, 2.05) is 0 Å². The zero-order valence-electron chi connectivity index (χ0n) is 8.50. The smallest absolute Gasteiger partial charge is 0.404 e. The van der Waals surface area contributed by atoms with Gasteiger partial charge in [0.25, 0.3) is 0 Å². The summed E-state index contributed by atoms with van der Waals surface area (Å²) in [7, 11) is 0. The van der Waals surface area contributed by atoms with E-state index in [9.17, 15) is 4.79 Å². The predicted octanol–water partition coefficient (Wildman–Crippen LogP) is 1.13. The van der Waals surface area contributed by atoms with Crippen molar-refractivity contribution in [2.24, 2.45) is 0 Å². The molecule has 0 radical (unpaired) electrons. The van der Waals surface area contributed by atoms with Gasteiger partial charge in [-0.05, 0) is 27.2 Å². The molecule has 1 aliphatic heterocycles. The summed E-state index contributed by atoms with van der Waals surface area (Å²) >= 11 is 0. The summed E-state index contributed by atoms with van der Waals surface area (Å²) in [5, 5.41) is 11.1. The molecule has 0 aliphatic carbocycles. The molecule has 76 valence electrons. The first-order valence-electron chi connectivity index (χ1n) is 4.64. The fourth-order valence-corrected chi connectivity index (χ4v) is 1.66. The number of likely N-dealkylation sites (tertiary alicyclic amines) is 1. The molecule has 1 atom stereocenters. The lowest BCUT2D eigenvalue weighted by molar-refractivity contribution is 0.165. The summed E-state index contributed by atoms with van der Waals surface area (Å²) in [6.45, 7) is 8.26. The van der Waals surface area contributed by atoms with E-state index in [4.69, 9.17) is 5.11 Å². The Balaban J connectivity index is 2.41. The van der Waals surface area contributed by atoms with Gasteiger partial charge in [-0.25, -0.2) is 4.79 Å². The van der Waals surface area contributed by atoms with Crippen LogP contribution in [0.2, 0.25) is 0 Å². The normalized spacial score (nSPS) is 24.7. The minimum absolute atomic E-state index is 0.108. The highest BCUT2D eigenvalue weighted by molar-refractivity contribution is 5.64. The van der Waals surface area contributed by atoms with Crippen LogP contribution in [0.25, 0.3) is 0 Å². The van der Waals surface area contributed by atoms with E-state index >= 15 is 0 Å². The van der Waals surface area contributed by atoms with Crippen molar-refractivity contribution < 1.29 is 9.90 Å². The largest absolute Gasteiger partial charge is 0.465 e. The Morgan fingerprint density at radius 1 is 1.54 bits per heavy atom. The highest BCUT2D eigenvalue weighted by atomic mass is 16.4. The summed E-state index contributed by atoms with van der Waals surface area (Å²) in [4.78, 5) is 12.7. The van der Waals surface area contributed by atoms with Gasteiger partial charge in [-0.1, -0.05) is 0 Å². The van der Waals surface area contributed by atoms with Gasteiger partial charge in [-0.3, -0.25) is 4.90 Å². The maximum absolute atomic E-state index is 10.4. The Labute approximate surface area is 78.9 Å². The third kappa shape index (κ3) is 2.88. The fourth-order valence-electron chi connectivity index (χ4n) is 1.66. The first kappa shape index (κ1) is 10.3. The van der Waals surface area contributed by atoms with Crippen LogP contribution in [0, 0.1) is 0 Å². The quantitative estimate of drug-likeness (QED) is 0.645. The molecule has 1 heterocycles. The topological polar surface area (TPSA) is 52.6 Å². The van der Waals surface area contributed by atoms with Crippen molar-refractivity contribution in [1.29, 1.82) is 0 Å². The average Bonchev–Trinajstić information content (AvgIpc) is 2.32. The van der Waals surface area contributed by atoms with Crippen LogP contribution in [0.4, 0.5) is 4.79 Å². The van der Waals surface area contributed by atoms with Gasteiger partial charge in [0, 0.05) is 24.7 Å².